The standard InChI is InChI=1S/C19H24N4O8S2/c1-10(24)23(33(20,29)30)19(31-4,11-8-6-5-7-9-11)17(28)21-12-14(25)22-13(16(26)27)18(2,3)32-15(12)22/h5-9,12-13,15H,1-4H3,(H,21,28)(H,26,27)(H2,20,29,30)/t12-,13+,15-,19?/m1/s1. The number of hydrogen-bond donors (Lipinski definition) is 3. The van der Waals surface area contributed by atoms with E-state index in [1.165, 1.54) is 36.0 Å². The third kappa shape index (κ3) is 3.86. The van der Waals surface area contributed by atoms with Gasteiger partial charge in [-0.05, 0) is 13.8 Å². The summed E-state index contributed by atoms with van der Waals surface area (Å²) < 4.78 is 29.3. The van der Waals surface area contributed by atoms with Crippen molar-refractivity contribution in [3.05, 3.63) is 35.9 Å². The van der Waals surface area contributed by atoms with Gasteiger partial charge >= 0.3 is 16.2 Å². The molecule has 3 rings (SSSR count). The highest BCUT2D eigenvalue weighted by molar-refractivity contribution is 8.01. The molecule has 2 heterocycles. The third-order valence-corrected chi connectivity index (χ3v) is 8.15. The van der Waals surface area contributed by atoms with Gasteiger partial charge in [0.25, 0.3) is 11.6 Å². The largest absolute Gasteiger partial charge is 0.480 e. The Morgan fingerprint density at radius 3 is 2.30 bits per heavy atom. The van der Waals surface area contributed by atoms with E-state index in [2.05, 4.69) is 5.32 Å². The van der Waals surface area contributed by atoms with E-state index >= 15 is 0 Å². The first kappa shape index (κ1) is 25.0. The second-order valence-electron chi connectivity index (χ2n) is 8.09. The Bertz CT molecular complexity index is 1110. The number of methoxy groups -OCH3 is 1. The van der Waals surface area contributed by atoms with Gasteiger partial charge in [0.2, 0.25) is 11.8 Å². The van der Waals surface area contributed by atoms with Crippen LogP contribution in [0.15, 0.2) is 30.3 Å². The van der Waals surface area contributed by atoms with Crippen molar-refractivity contribution in [2.24, 2.45) is 5.14 Å². The monoisotopic (exact) mass is 500 g/mol. The van der Waals surface area contributed by atoms with Crippen molar-refractivity contribution in [2.75, 3.05) is 7.11 Å². The Morgan fingerprint density at radius 1 is 1.27 bits per heavy atom. The molecule has 12 nitrogen and oxygen atoms in total. The minimum absolute atomic E-state index is 0.0272. The fourth-order valence-corrected chi connectivity index (χ4v) is 6.87. The minimum atomic E-state index is -4.80. The Balaban J connectivity index is 2.04. The van der Waals surface area contributed by atoms with Crippen molar-refractivity contribution in [3.63, 3.8) is 0 Å². The lowest BCUT2D eigenvalue weighted by molar-refractivity contribution is -0.175. The van der Waals surface area contributed by atoms with Gasteiger partial charge in [0, 0.05) is 24.3 Å². The summed E-state index contributed by atoms with van der Waals surface area (Å²) in [6.07, 6.45) is 0. The molecule has 0 aliphatic carbocycles. The number of carbonyl (C=O) groups is 4. The number of carboxylic acid groups (broad SMARTS) is 1. The maximum absolute atomic E-state index is 13.6. The van der Waals surface area contributed by atoms with Crippen molar-refractivity contribution in [2.45, 2.75) is 48.7 Å². The van der Waals surface area contributed by atoms with Gasteiger partial charge in [-0.3, -0.25) is 14.4 Å². The van der Waals surface area contributed by atoms with E-state index in [9.17, 15) is 32.7 Å². The predicted octanol–water partition coefficient (Wildman–Crippen LogP) is -0.830. The van der Waals surface area contributed by atoms with Crippen LogP contribution in [0, 0.1) is 0 Å². The first-order valence-corrected chi connectivity index (χ1v) is 12.1. The molecule has 14 heteroatoms. The third-order valence-electron chi connectivity index (χ3n) is 5.56. The predicted molar refractivity (Wildman–Crippen MR) is 116 cm³/mol. The summed E-state index contributed by atoms with van der Waals surface area (Å²) in [7, 11) is -3.78. The van der Waals surface area contributed by atoms with E-state index in [1.807, 2.05) is 0 Å². The maximum Gasteiger partial charge on any atom is 0.327 e. The van der Waals surface area contributed by atoms with Crippen LogP contribution in [0.2, 0.25) is 0 Å². The second kappa shape index (κ2) is 8.27. The zero-order valence-electron chi connectivity index (χ0n) is 18.2. The molecular weight excluding hydrogens is 476 g/mol. The Hall–Kier alpha value is -2.68. The SMILES string of the molecule is COC(C(=O)N[C@@H]1C(=O)N2[C@@H]1SC(C)(C)[C@@H]2C(=O)O)(c1ccccc1)N(C(C)=O)S(N)(=O)=O. The van der Waals surface area contributed by atoms with Crippen LogP contribution in [0.25, 0.3) is 0 Å². The number of ether oxygens (including phenoxy) is 1. The number of fused-ring (bicyclic) bond motifs is 1. The fraction of sp³-hybridized carbons (Fsp3) is 0.474. The Labute approximate surface area is 194 Å². The number of nitrogens with zero attached hydrogens (tertiary/aromatic N) is 2. The highest BCUT2D eigenvalue weighted by atomic mass is 32.2. The van der Waals surface area contributed by atoms with Crippen molar-refractivity contribution in [3.8, 4) is 0 Å². The van der Waals surface area contributed by atoms with Crippen LogP contribution in [0.3, 0.4) is 0 Å². The van der Waals surface area contributed by atoms with Gasteiger partial charge in [0.1, 0.15) is 17.5 Å². The van der Waals surface area contributed by atoms with Gasteiger partial charge in [0.15, 0.2) is 0 Å². The van der Waals surface area contributed by atoms with Crippen LogP contribution < -0.4 is 10.5 Å². The van der Waals surface area contributed by atoms with E-state index in [0.717, 1.165) is 18.9 Å². The maximum atomic E-state index is 13.6. The van der Waals surface area contributed by atoms with Crippen LogP contribution in [0.1, 0.15) is 26.3 Å². The molecule has 1 unspecified atom stereocenters. The van der Waals surface area contributed by atoms with Gasteiger partial charge in [-0.2, -0.15) is 12.7 Å². The number of β-lactam (4-membered cyclic amide) rings is 1. The molecular formula is C19H24N4O8S2. The number of nitrogens with two attached hydrogens (primary N) is 1. The van der Waals surface area contributed by atoms with E-state index in [1.54, 1.807) is 19.9 Å². The van der Waals surface area contributed by atoms with Gasteiger partial charge in [-0.15, -0.1) is 11.8 Å². The van der Waals surface area contributed by atoms with Crippen LogP contribution in [-0.2, 0) is 39.8 Å². The number of carboxylic acids is 1. The molecule has 1 aromatic rings. The van der Waals surface area contributed by atoms with Gasteiger partial charge in [-0.25, -0.2) is 9.93 Å². The van der Waals surface area contributed by atoms with Crippen LogP contribution >= 0.6 is 11.8 Å². The summed E-state index contributed by atoms with van der Waals surface area (Å²) in [5.74, 6) is -4.06. The number of amides is 3. The summed E-state index contributed by atoms with van der Waals surface area (Å²) in [5.41, 5.74) is -2.58. The highest BCUT2D eigenvalue weighted by Gasteiger charge is 2.65. The summed E-state index contributed by atoms with van der Waals surface area (Å²) in [4.78, 5) is 51.6. The van der Waals surface area contributed by atoms with Crippen molar-refractivity contribution >= 4 is 45.7 Å². The number of hydrogen-bond acceptors (Lipinski definition) is 8. The Morgan fingerprint density at radius 2 is 1.85 bits per heavy atom. The molecule has 0 spiro atoms. The lowest BCUT2D eigenvalue weighted by atomic mass is 9.95. The van der Waals surface area contributed by atoms with Crippen molar-refractivity contribution in [1.82, 2.24) is 14.5 Å². The first-order valence-electron chi connectivity index (χ1n) is 9.68. The molecule has 4 atom stereocenters. The second-order valence-corrected chi connectivity index (χ2v) is 11.3. The molecule has 33 heavy (non-hydrogen) atoms. The van der Waals surface area contributed by atoms with E-state index in [-0.39, 0.29) is 9.87 Å². The van der Waals surface area contributed by atoms with Crippen LogP contribution in [0.4, 0.5) is 0 Å². The molecule has 2 aliphatic rings. The van der Waals surface area contributed by atoms with Crippen molar-refractivity contribution in [1.29, 1.82) is 0 Å². The molecule has 0 aromatic heterocycles. The number of aliphatic carboxylic acids is 1. The van der Waals surface area contributed by atoms with E-state index in [4.69, 9.17) is 9.88 Å². The van der Waals surface area contributed by atoms with Crippen molar-refractivity contribution < 1.29 is 37.4 Å². The number of carbonyl (C=O) groups excluding carboxylic acids is 3. The average Bonchev–Trinajstić information content (AvgIpc) is 2.97. The number of rotatable bonds is 7. The molecule has 2 aliphatic heterocycles. The van der Waals surface area contributed by atoms with E-state index in [0.29, 0.717) is 0 Å². The highest BCUT2D eigenvalue weighted by Crippen LogP contribution is 2.51. The van der Waals surface area contributed by atoms with Crippen LogP contribution in [0.5, 0.6) is 0 Å². The van der Waals surface area contributed by atoms with Gasteiger partial charge in [0.05, 0.1) is 0 Å². The molecule has 0 saturated carbocycles. The Kier molecular flexibility index (Phi) is 6.25. The number of nitrogens with one attached hydrogen (secondary N) is 1. The zero-order valence-corrected chi connectivity index (χ0v) is 19.8. The van der Waals surface area contributed by atoms with Crippen LogP contribution in [-0.4, -0.2) is 75.7 Å². The topological polar surface area (TPSA) is 176 Å². The first-order chi connectivity index (χ1) is 15.2. The molecule has 2 saturated heterocycles. The molecule has 3 amide bonds. The summed E-state index contributed by atoms with van der Waals surface area (Å²) in [6.45, 7) is 4.24. The fourth-order valence-electron chi connectivity index (χ4n) is 4.26. The molecule has 0 bridgehead atoms. The molecule has 180 valence electrons. The summed E-state index contributed by atoms with van der Waals surface area (Å²) in [5, 5.41) is 16.6. The quantitative estimate of drug-likeness (QED) is 0.318. The minimum Gasteiger partial charge on any atom is -0.480 e. The molecule has 2 fully saturated rings. The van der Waals surface area contributed by atoms with Gasteiger partial charge < -0.3 is 20.1 Å². The molecule has 4 N–H and O–H groups in total. The zero-order chi connectivity index (χ0) is 24.9. The molecule has 0 radical (unpaired) electrons. The normalized spacial score (nSPS) is 25.4. The summed E-state index contributed by atoms with van der Waals surface area (Å²) >= 11 is 1.19. The number of thioether (sulfide) groups is 1. The smallest absolute Gasteiger partial charge is 0.327 e. The average molecular weight is 501 g/mol. The lowest BCUT2D eigenvalue weighted by Gasteiger charge is -2.46. The molecule has 1 aromatic carbocycles. The number of benzene rings is 1. The summed E-state index contributed by atoms with van der Waals surface area (Å²) in [6, 6.07) is 5.07. The van der Waals surface area contributed by atoms with E-state index < -0.39 is 61.8 Å². The van der Waals surface area contributed by atoms with Gasteiger partial charge in [-0.1, -0.05) is 30.3 Å². The lowest BCUT2D eigenvalue weighted by Crippen LogP contribution is -2.73.